The molecule has 3 aliphatic heterocycles. The number of para-hydroxylation sites is 5. The molecule has 10 rings (SSSR count). The van der Waals surface area contributed by atoms with Crippen LogP contribution in [0.15, 0.2) is 170 Å². The van der Waals surface area contributed by atoms with E-state index in [4.69, 9.17) is 21.3 Å². The minimum absolute atomic E-state index is 0.576. The Balaban J connectivity index is 1.23. The molecule has 0 radical (unpaired) electrons. The van der Waals surface area contributed by atoms with Crippen molar-refractivity contribution in [3.8, 4) is 23.0 Å². The van der Waals surface area contributed by atoms with E-state index in [2.05, 4.69) is 163 Å². The molecule has 3 heterocycles. The summed E-state index contributed by atoms with van der Waals surface area (Å²) in [6, 6.07) is 57.6. The largest absolute Gasteiger partial charge is 0.457 e. The van der Waals surface area contributed by atoms with Gasteiger partial charge < -0.3 is 14.4 Å². The maximum Gasteiger partial charge on any atom is 0.138 e. The van der Waals surface area contributed by atoms with Gasteiger partial charge in [-0.05, 0) is 65.0 Å². The zero-order valence-corrected chi connectivity index (χ0v) is 27.5. The molecule has 3 nitrogen and oxygen atoms in total. The van der Waals surface area contributed by atoms with Crippen LogP contribution in [0.3, 0.4) is 0 Å². The lowest BCUT2D eigenvalue weighted by molar-refractivity contribution is 0.434. The molecule has 0 aromatic heterocycles. The lowest BCUT2D eigenvalue weighted by atomic mass is 9.61. The molecule has 0 saturated heterocycles. The molecule has 0 fully saturated rings. The third kappa shape index (κ3) is 3.62. The van der Waals surface area contributed by atoms with E-state index in [0.29, 0.717) is 0 Å². The third-order valence-electron chi connectivity index (χ3n) is 9.99. The van der Waals surface area contributed by atoms with Gasteiger partial charge in [0.05, 0.1) is 16.8 Å². The van der Waals surface area contributed by atoms with Gasteiger partial charge in [0.1, 0.15) is 23.0 Å². The Morgan fingerprint density at radius 2 is 0.917 bits per heavy atom. The molecule has 0 aliphatic carbocycles. The van der Waals surface area contributed by atoms with Crippen molar-refractivity contribution in [1.82, 2.24) is 0 Å². The zero-order valence-electron chi connectivity index (χ0n) is 25.8. The van der Waals surface area contributed by atoms with Crippen molar-refractivity contribution in [2.75, 3.05) is 4.90 Å². The highest BCUT2D eigenvalue weighted by atomic mass is 32.4. The second-order valence-corrected chi connectivity index (χ2v) is 16.7. The van der Waals surface area contributed by atoms with Crippen molar-refractivity contribution in [3.05, 3.63) is 192 Å². The summed E-state index contributed by atoms with van der Waals surface area (Å²) in [6.07, 6.45) is 0. The van der Waals surface area contributed by atoms with Gasteiger partial charge in [0.15, 0.2) is 0 Å². The van der Waals surface area contributed by atoms with Crippen LogP contribution in [-0.4, -0.2) is 0 Å². The molecule has 1 unspecified atom stereocenters. The molecule has 3 aliphatic rings. The monoisotopic (exact) mass is 653 g/mol. The van der Waals surface area contributed by atoms with E-state index in [1.165, 1.54) is 11.1 Å². The fraction of sp³-hybridized carbons (Fsp3) is 0.0233. The molecule has 0 bridgehead atoms. The molecule has 48 heavy (non-hydrogen) atoms. The molecular formula is C43H28NO2PS. The van der Waals surface area contributed by atoms with E-state index < -0.39 is 11.5 Å². The van der Waals surface area contributed by atoms with Crippen molar-refractivity contribution in [2.45, 2.75) is 5.41 Å². The first kappa shape index (κ1) is 27.7. The standard InChI is InChI=1S/C43H28NO2PS/c48-47(30-14-2-1-3-15-30)41-25-13-12-24-39(41)46-40-28-29(26-27-42(40)47)44-35-20-8-4-16-31(35)43(32-17-5-9-21-36(32)44)33-18-6-10-22-37(33)45-38-23-11-7-19-34(38)43/h1-28H. The van der Waals surface area contributed by atoms with Gasteiger partial charge >= 0.3 is 0 Å². The molecule has 0 N–H and O–H groups in total. The smallest absolute Gasteiger partial charge is 0.138 e. The first-order chi connectivity index (χ1) is 23.7. The summed E-state index contributed by atoms with van der Waals surface area (Å²) >= 11 is 6.72. The molecular weight excluding hydrogens is 626 g/mol. The van der Waals surface area contributed by atoms with Gasteiger partial charge in [-0.1, -0.05) is 127 Å². The van der Waals surface area contributed by atoms with E-state index in [1.54, 1.807) is 0 Å². The molecule has 1 spiro atoms. The lowest BCUT2D eigenvalue weighted by Crippen LogP contribution is -2.39. The molecule has 0 amide bonds. The topological polar surface area (TPSA) is 21.7 Å². The summed E-state index contributed by atoms with van der Waals surface area (Å²) in [6.45, 7) is 0. The quantitative estimate of drug-likeness (QED) is 0.173. The van der Waals surface area contributed by atoms with E-state index in [1.807, 2.05) is 12.1 Å². The van der Waals surface area contributed by atoms with E-state index >= 15 is 0 Å². The van der Waals surface area contributed by atoms with Crippen molar-refractivity contribution in [3.63, 3.8) is 0 Å². The Morgan fingerprint density at radius 3 is 1.56 bits per heavy atom. The lowest BCUT2D eigenvalue weighted by Gasteiger charge is -2.48. The Labute approximate surface area is 284 Å². The van der Waals surface area contributed by atoms with Crippen molar-refractivity contribution in [2.24, 2.45) is 0 Å². The van der Waals surface area contributed by atoms with Gasteiger partial charge in [0, 0.05) is 39.5 Å². The van der Waals surface area contributed by atoms with Gasteiger partial charge in [0.2, 0.25) is 0 Å². The van der Waals surface area contributed by atoms with Crippen LogP contribution in [0.25, 0.3) is 0 Å². The normalized spacial score (nSPS) is 17.4. The van der Waals surface area contributed by atoms with Crippen LogP contribution < -0.4 is 30.3 Å². The predicted octanol–water partition coefficient (Wildman–Crippen LogP) is 9.82. The molecule has 0 saturated carbocycles. The summed E-state index contributed by atoms with van der Waals surface area (Å²) < 4.78 is 13.3. The number of ether oxygens (including phenoxy) is 2. The summed E-state index contributed by atoms with van der Waals surface area (Å²) in [7, 11) is 0. The number of nitrogens with zero attached hydrogens (tertiary/aromatic N) is 1. The van der Waals surface area contributed by atoms with Gasteiger partial charge in [-0.2, -0.15) is 0 Å². The molecule has 5 heteroatoms. The average Bonchev–Trinajstić information content (AvgIpc) is 3.15. The number of fused-ring (bicyclic) bond motifs is 10. The molecule has 1 atom stereocenters. The van der Waals surface area contributed by atoms with Crippen molar-refractivity contribution < 1.29 is 9.47 Å². The molecule has 7 aromatic rings. The van der Waals surface area contributed by atoms with Gasteiger partial charge in [-0.15, -0.1) is 0 Å². The number of rotatable bonds is 2. The Morgan fingerprint density at radius 1 is 0.438 bits per heavy atom. The minimum atomic E-state index is -2.36. The highest BCUT2D eigenvalue weighted by Crippen LogP contribution is 2.63. The van der Waals surface area contributed by atoms with E-state index in [9.17, 15) is 0 Å². The predicted molar refractivity (Wildman–Crippen MR) is 199 cm³/mol. The summed E-state index contributed by atoms with van der Waals surface area (Å²) in [5.74, 6) is 3.40. The third-order valence-corrected chi connectivity index (χ3v) is 14.9. The van der Waals surface area contributed by atoms with Crippen LogP contribution in [0, 0.1) is 0 Å². The summed E-state index contributed by atoms with van der Waals surface area (Å²) in [4.78, 5) is 2.38. The Hall–Kier alpha value is -5.41. The van der Waals surface area contributed by atoms with Crippen LogP contribution in [0.5, 0.6) is 23.0 Å². The molecule has 228 valence electrons. The number of hydrogen-bond donors (Lipinski definition) is 0. The van der Waals surface area contributed by atoms with Crippen molar-refractivity contribution in [1.29, 1.82) is 0 Å². The zero-order chi connectivity index (χ0) is 31.9. The first-order valence-corrected chi connectivity index (χ1v) is 18.9. The summed E-state index contributed by atoms with van der Waals surface area (Å²) in [5, 5.41) is 3.34. The Kier molecular flexibility index (Phi) is 5.94. The van der Waals surface area contributed by atoms with Crippen molar-refractivity contribution >= 4 is 50.8 Å². The van der Waals surface area contributed by atoms with E-state index in [-0.39, 0.29) is 0 Å². The Bertz CT molecular complexity index is 2380. The highest BCUT2D eigenvalue weighted by Gasteiger charge is 2.51. The number of benzene rings is 7. The average molecular weight is 654 g/mol. The van der Waals surface area contributed by atoms with Gasteiger partial charge in [0.25, 0.3) is 0 Å². The minimum Gasteiger partial charge on any atom is -0.457 e. The van der Waals surface area contributed by atoms with Crippen LogP contribution in [0.1, 0.15) is 22.3 Å². The second kappa shape index (κ2) is 10.3. The van der Waals surface area contributed by atoms with Crippen LogP contribution in [0.2, 0.25) is 0 Å². The number of hydrogen-bond acceptors (Lipinski definition) is 4. The highest BCUT2D eigenvalue weighted by molar-refractivity contribution is 8.25. The van der Waals surface area contributed by atoms with Crippen LogP contribution in [-0.2, 0) is 17.2 Å². The fourth-order valence-corrected chi connectivity index (χ4v) is 12.2. The maximum absolute atomic E-state index is 6.72. The van der Waals surface area contributed by atoms with Crippen LogP contribution >= 0.6 is 6.04 Å². The maximum atomic E-state index is 6.72. The van der Waals surface area contributed by atoms with Gasteiger partial charge in [-0.3, -0.25) is 0 Å². The summed E-state index contributed by atoms with van der Waals surface area (Å²) in [5.41, 5.74) is 7.34. The van der Waals surface area contributed by atoms with E-state index in [0.717, 1.165) is 67.1 Å². The second-order valence-electron chi connectivity index (χ2n) is 12.4. The SMILES string of the molecule is S=P1(c2ccccc2)c2ccccc2Oc2cc(N3c4ccccc4C4(c5ccccc5Oc5ccccc54)c4ccccc43)ccc21. The molecule has 7 aromatic carbocycles. The fourth-order valence-electron chi connectivity index (χ4n) is 8.05. The van der Waals surface area contributed by atoms with Gasteiger partial charge in [-0.25, -0.2) is 0 Å². The first-order valence-electron chi connectivity index (χ1n) is 16.1. The number of anilines is 3. The van der Waals surface area contributed by atoms with Crippen LogP contribution in [0.4, 0.5) is 17.1 Å².